The van der Waals surface area contributed by atoms with Crippen LogP contribution in [0, 0.1) is 17.3 Å². The summed E-state index contributed by atoms with van der Waals surface area (Å²) in [5.74, 6) is 1.18. The molecule has 3 aliphatic rings. The lowest BCUT2D eigenvalue weighted by Gasteiger charge is -2.50. The first-order chi connectivity index (χ1) is 15.2. The second-order valence-electron chi connectivity index (χ2n) is 9.86. The van der Waals surface area contributed by atoms with Gasteiger partial charge >= 0.3 is 5.97 Å². The Kier molecular flexibility index (Phi) is 5.09. The fraction of sp³-hybridized carbons (Fsp3) is 0.480. The van der Waals surface area contributed by atoms with E-state index in [0.29, 0.717) is 23.5 Å². The number of hydrogen-bond acceptors (Lipinski definition) is 5. The third-order valence-corrected chi connectivity index (χ3v) is 9.26. The number of benzene rings is 2. The smallest absolute Gasteiger partial charge is 0.339 e. The topological polar surface area (TPSA) is 107 Å². The first-order valence-corrected chi connectivity index (χ1v) is 12.9. The van der Waals surface area contributed by atoms with Gasteiger partial charge in [0.15, 0.2) is 0 Å². The predicted molar refractivity (Wildman–Crippen MR) is 120 cm³/mol. The van der Waals surface area contributed by atoms with Crippen LogP contribution in [0.5, 0.6) is 5.75 Å². The molecule has 32 heavy (non-hydrogen) atoms. The Morgan fingerprint density at radius 1 is 1.12 bits per heavy atom. The molecule has 0 spiro atoms. The zero-order chi connectivity index (χ0) is 22.7. The van der Waals surface area contributed by atoms with Gasteiger partial charge in [-0.2, -0.15) is 0 Å². The van der Waals surface area contributed by atoms with Crippen LogP contribution in [0.3, 0.4) is 0 Å². The molecule has 0 heterocycles. The van der Waals surface area contributed by atoms with Crippen LogP contribution in [-0.4, -0.2) is 25.6 Å². The van der Waals surface area contributed by atoms with Crippen molar-refractivity contribution in [1.82, 2.24) is 0 Å². The molecule has 0 amide bonds. The number of aromatic hydroxyl groups is 1. The van der Waals surface area contributed by atoms with Crippen molar-refractivity contribution in [2.24, 2.45) is 22.4 Å². The van der Waals surface area contributed by atoms with E-state index in [0.717, 1.165) is 38.5 Å². The molecule has 2 aromatic carbocycles. The minimum absolute atomic E-state index is 0.00198. The number of fused-ring (bicyclic) bond motifs is 5. The quantitative estimate of drug-likeness (QED) is 0.677. The van der Waals surface area contributed by atoms with Gasteiger partial charge in [0.05, 0.1) is 10.5 Å². The molecule has 5 atom stereocenters. The van der Waals surface area contributed by atoms with E-state index in [2.05, 4.69) is 13.0 Å². The van der Waals surface area contributed by atoms with Gasteiger partial charge in [-0.05, 0) is 91.7 Å². The van der Waals surface area contributed by atoms with Gasteiger partial charge in [0.25, 0.3) is 0 Å². The highest BCUT2D eigenvalue weighted by molar-refractivity contribution is 7.89. The number of carbonyl (C=O) groups excluding carboxylic acids is 1. The Morgan fingerprint density at radius 2 is 1.91 bits per heavy atom. The van der Waals surface area contributed by atoms with E-state index >= 15 is 0 Å². The third-order valence-electron chi connectivity index (χ3n) is 8.29. The Bertz CT molecular complexity index is 1180. The normalized spacial score (nSPS) is 31.3. The molecule has 0 aliphatic heterocycles. The molecule has 2 fully saturated rings. The van der Waals surface area contributed by atoms with Crippen LogP contribution >= 0.6 is 0 Å². The van der Waals surface area contributed by atoms with Crippen molar-refractivity contribution in [3.8, 4) is 5.75 Å². The van der Waals surface area contributed by atoms with Gasteiger partial charge in [0, 0.05) is 5.41 Å². The summed E-state index contributed by atoms with van der Waals surface area (Å²) in [5, 5.41) is 15.2. The van der Waals surface area contributed by atoms with Gasteiger partial charge < -0.3 is 9.84 Å². The van der Waals surface area contributed by atoms with E-state index in [1.807, 2.05) is 6.07 Å². The third kappa shape index (κ3) is 3.42. The van der Waals surface area contributed by atoms with Crippen LogP contribution in [0.2, 0.25) is 0 Å². The van der Waals surface area contributed by atoms with Gasteiger partial charge in [-0.15, -0.1) is 0 Å². The van der Waals surface area contributed by atoms with Crippen molar-refractivity contribution in [3.05, 3.63) is 59.2 Å². The SMILES string of the molecule is C[C@]12CCC3c4ccc(O)cc4CCC3C1CC[C@@H]2OC(=O)c1ccccc1S(N)(=O)=O. The predicted octanol–water partition coefficient (Wildman–Crippen LogP) is 4.12. The molecule has 2 saturated carbocycles. The van der Waals surface area contributed by atoms with Gasteiger partial charge in [-0.25, -0.2) is 18.4 Å². The van der Waals surface area contributed by atoms with Crippen LogP contribution < -0.4 is 5.14 Å². The maximum Gasteiger partial charge on any atom is 0.339 e. The van der Waals surface area contributed by atoms with Crippen molar-refractivity contribution in [2.45, 2.75) is 62.4 Å². The maximum atomic E-state index is 13.0. The van der Waals surface area contributed by atoms with Crippen molar-refractivity contribution >= 4 is 16.0 Å². The largest absolute Gasteiger partial charge is 0.508 e. The molecule has 6 nitrogen and oxygen atoms in total. The fourth-order valence-corrected chi connectivity index (χ4v) is 7.52. The zero-order valence-electron chi connectivity index (χ0n) is 18.2. The lowest BCUT2D eigenvalue weighted by Crippen LogP contribution is -2.45. The molecule has 0 saturated heterocycles. The second kappa shape index (κ2) is 7.59. The molecule has 3 unspecified atom stereocenters. The molecule has 0 aromatic heterocycles. The van der Waals surface area contributed by atoms with Gasteiger partial charge in [0.2, 0.25) is 10.0 Å². The molecule has 170 valence electrons. The molecule has 7 heteroatoms. The summed E-state index contributed by atoms with van der Waals surface area (Å²) in [4.78, 5) is 12.8. The Hall–Kier alpha value is -2.38. The number of phenolic OH excluding ortho intramolecular Hbond substituents is 1. The lowest BCUT2D eigenvalue weighted by molar-refractivity contribution is -0.0430. The minimum Gasteiger partial charge on any atom is -0.508 e. The molecule has 2 aromatic rings. The molecule has 5 rings (SSSR count). The van der Waals surface area contributed by atoms with Gasteiger partial charge in [0.1, 0.15) is 11.9 Å². The molecule has 3 N–H and O–H groups in total. The van der Waals surface area contributed by atoms with Gasteiger partial charge in [-0.3, -0.25) is 0 Å². The monoisotopic (exact) mass is 455 g/mol. The fourth-order valence-electron chi connectivity index (χ4n) is 6.79. The maximum absolute atomic E-state index is 13.0. The lowest BCUT2D eigenvalue weighted by atomic mass is 9.55. The van der Waals surface area contributed by atoms with Crippen LogP contribution in [0.1, 0.15) is 66.4 Å². The van der Waals surface area contributed by atoms with Gasteiger partial charge in [-0.1, -0.05) is 25.1 Å². The zero-order valence-corrected chi connectivity index (χ0v) is 19.0. The Labute approximate surface area is 188 Å². The number of esters is 1. The minimum atomic E-state index is -4.02. The van der Waals surface area contributed by atoms with E-state index in [4.69, 9.17) is 9.88 Å². The summed E-state index contributed by atoms with van der Waals surface area (Å²) < 4.78 is 29.8. The summed E-state index contributed by atoms with van der Waals surface area (Å²) >= 11 is 0. The van der Waals surface area contributed by atoms with Crippen molar-refractivity contribution in [1.29, 1.82) is 0 Å². The summed E-state index contributed by atoms with van der Waals surface area (Å²) in [7, 11) is -4.02. The number of sulfonamides is 1. The van der Waals surface area contributed by atoms with Crippen LogP contribution in [0.15, 0.2) is 47.4 Å². The van der Waals surface area contributed by atoms with Crippen LogP contribution in [0.4, 0.5) is 0 Å². The summed E-state index contributed by atoms with van der Waals surface area (Å²) in [6, 6.07) is 11.7. The number of phenols is 1. The highest BCUT2D eigenvalue weighted by Crippen LogP contribution is 2.61. The first-order valence-electron chi connectivity index (χ1n) is 11.3. The average Bonchev–Trinajstić information content (AvgIpc) is 3.09. The first kappa shape index (κ1) is 21.5. The molecule has 0 bridgehead atoms. The number of hydrogen-bond donors (Lipinski definition) is 2. The number of carbonyl (C=O) groups is 1. The molecule has 0 radical (unpaired) electrons. The number of primary sulfonamides is 1. The molecular weight excluding hydrogens is 426 g/mol. The molecular formula is C25H29NO5S. The molecule has 3 aliphatic carbocycles. The van der Waals surface area contributed by atoms with E-state index in [1.54, 1.807) is 18.2 Å². The Balaban J connectivity index is 1.38. The van der Waals surface area contributed by atoms with E-state index in [1.165, 1.54) is 23.3 Å². The van der Waals surface area contributed by atoms with Crippen LogP contribution in [-0.2, 0) is 21.2 Å². The number of ether oxygens (including phenoxy) is 1. The van der Waals surface area contributed by atoms with E-state index in [-0.39, 0.29) is 22.0 Å². The second-order valence-corrected chi connectivity index (χ2v) is 11.4. The van der Waals surface area contributed by atoms with Crippen molar-refractivity contribution < 1.29 is 23.1 Å². The van der Waals surface area contributed by atoms with Crippen molar-refractivity contribution in [2.75, 3.05) is 0 Å². The number of nitrogens with two attached hydrogens (primary N) is 1. The highest BCUT2D eigenvalue weighted by atomic mass is 32.2. The van der Waals surface area contributed by atoms with E-state index in [9.17, 15) is 18.3 Å². The van der Waals surface area contributed by atoms with Crippen molar-refractivity contribution in [3.63, 3.8) is 0 Å². The van der Waals surface area contributed by atoms with E-state index < -0.39 is 16.0 Å². The Morgan fingerprint density at radius 3 is 2.69 bits per heavy atom. The number of aryl methyl sites for hydroxylation is 1. The summed E-state index contributed by atoms with van der Waals surface area (Å²) in [5.41, 5.74) is 2.50. The standard InChI is InChI=1S/C25H29NO5S/c1-25-13-12-18-17-9-7-16(27)14-15(17)6-8-19(18)21(25)10-11-23(25)31-24(28)20-4-2-3-5-22(20)32(26,29)30/h2-5,7,9,14,18-19,21,23,27H,6,8,10-13H2,1H3,(H2,26,29,30)/t18?,19?,21?,23-,25-/m0/s1. The highest BCUT2D eigenvalue weighted by Gasteiger charge is 2.56. The number of rotatable bonds is 3. The summed E-state index contributed by atoms with van der Waals surface area (Å²) in [6.07, 6.45) is 5.57. The average molecular weight is 456 g/mol. The van der Waals surface area contributed by atoms with Crippen LogP contribution in [0.25, 0.3) is 0 Å². The summed E-state index contributed by atoms with van der Waals surface area (Å²) in [6.45, 7) is 2.23.